The van der Waals surface area contributed by atoms with Crippen molar-refractivity contribution in [2.24, 2.45) is 0 Å². The second kappa shape index (κ2) is 32.9. The Labute approximate surface area is 475 Å². The van der Waals surface area contributed by atoms with Crippen molar-refractivity contribution in [3.8, 4) is 33.4 Å². The van der Waals surface area contributed by atoms with E-state index in [1.807, 2.05) is 18.2 Å². The van der Waals surface area contributed by atoms with E-state index in [0.717, 1.165) is 51.4 Å². The van der Waals surface area contributed by atoms with E-state index in [0.29, 0.717) is 0 Å². The Hall–Kier alpha value is -8.58. The van der Waals surface area contributed by atoms with E-state index in [4.69, 9.17) is 0 Å². The van der Waals surface area contributed by atoms with Gasteiger partial charge in [0.2, 0.25) is 0 Å². The molecule has 11 rings (SSSR count). The molecular formula is C79H80. The highest BCUT2D eigenvalue weighted by atomic mass is 14.1. The molecule has 11 aromatic carbocycles. The van der Waals surface area contributed by atoms with E-state index in [-0.39, 0.29) is 0 Å². The SMILES string of the molecule is CCc1ccc(-c2ccc(-c3ccccc3)cc2)cc1.CCc1ccc(-c2ccccc2)cc1.CCc1ccc(Cc2ccc(Cc3ccccc3)cc2)cc1.CCc1ccc(Cc2ccccc2)cc1.CCc1ccccc1. The summed E-state index contributed by atoms with van der Waals surface area (Å²) in [5.41, 5.74) is 22.9. The molecule has 0 aromatic heterocycles. The van der Waals surface area contributed by atoms with Gasteiger partial charge in [-0.25, -0.2) is 0 Å². The summed E-state index contributed by atoms with van der Waals surface area (Å²) in [6.07, 6.45) is 8.61. The van der Waals surface area contributed by atoms with Crippen molar-refractivity contribution in [3.05, 3.63) is 358 Å². The third-order valence-corrected chi connectivity index (χ3v) is 14.2. The van der Waals surface area contributed by atoms with Gasteiger partial charge >= 0.3 is 0 Å². The minimum Gasteiger partial charge on any atom is -0.0622 e. The van der Waals surface area contributed by atoms with Crippen LogP contribution in [0, 0.1) is 0 Å². The lowest BCUT2D eigenvalue weighted by atomic mass is 9.99. The van der Waals surface area contributed by atoms with Crippen molar-refractivity contribution in [2.45, 2.75) is 86.0 Å². The Bertz CT molecular complexity index is 3310. The first kappa shape index (κ1) is 58.1. The van der Waals surface area contributed by atoms with Crippen molar-refractivity contribution in [1.29, 1.82) is 0 Å². The van der Waals surface area contributed by atoms with Gasteiger partial charge in [-0.2, -0.15) is 0 Å². The van der Waals surface area contributed by atoms with Crippen LogP contribution in [0.2, 0.25) is 0 Å². The third kappa shape index (κ3) is 20.1. The Morgan fingerprint density at radius 2 is 0.278 bits per heavy atom. The Morgan fingerprint density at radius 3 is 0.494 bits per heavy atom. The van der Waals surface area contributed by atoms with Crippen LogP contribution < -0.4 is 0 Å². The van der Waals surface area contributed by atoms with Crippen LogP contribution in [0.3, 0.4) is 0 Å². The van der Waals surface area contributed by atoms with Crippen LogP contribution in [-0.2, 0) is 51.4 Å². The maximum absolute atomic E-state index is 2.26. The molecule has 0 radical (unpaired) electrons. The Morgan fingerprint density at radius 1 is 0.139 bits per heavy atom. The normalized spacial score (nSPS) is 10.2. The molecule has 0 spiro atoms. The van der Waals surface area contributed by atoms with Crippen LogP contribution in [0.15, 0.2) is 297 Å². The van der Waals surface area contributed by atoms with Gasteiger partial charge in [-0.15, -0.1) is 0 Å². The molecule has 0 unspecified atom stereocenters. The molecule has 0 amide bonds. The predicted octanol–water partition coefficient (Wildman–Crippen LogP) is 21.0. The molecule has 0 heteroatoms. The minimum atomic E-state index is 1.01. The van der Waals surface area contributed by atoms with Crippen LogP contribution in [-0.4, -0.2) is 0 Å². The minimum absolute atomic E-state index is 1.01. The molecule has 396 valence electrons. The maximum Gasteiger partial charge on any atom is -0.00258 e. The van der Waals surface area contributed by atoms with Gasteiger partial charge in [0.25, 0.3) is 0 Å². The van der Waals surface area contributed by atoms with Crippen molar-refractivity contribution in [1.82, 2.24) is 0 Å². The molecule has 11 aromatic rings. The van der Waals surface area contributed by atoms with Crippen molar-refractivity contribution >= 4 is 0 Å². The van der Waals surface area contributed by atoms with E-state index >= 15 is 0 Å². The van der Waals surface area contributed by atoms with Gasteiger partial charge < -0.3 is 0 Å². The van der Waals surface area contributed by atoms with Gasteiger partial charge in [-0.3, -0.25) is 0 Å². The number of aryl methyl sites for hydroxylation is 5. The molecular weight excluding hydrogens is 949 g/mol. The van der Waals surface area contributed by atoms with E-state index in [1.165, 1.54) is 94.6 Å². The summed E-state index contributed by atoms with van der Waals surface area (Å²) in [5, 5.41) is 0. The highest BCUT2D eigenvalue weighted by Gasteiger charge is 2.03. The number of rotatable bonds is 14. The fourth-order valence-corrected chi connectivity index (χ4v) is 9.16. The van der Waals surface area contributed by atoms with E-state index in [1.54, 1.807) is 0 Å². The predicted molar refractivity (Wildman–Crippen MR) is 343 cm³/mol. The van der Waals surface area contributed by atoms with Crippen molar-refractivity contribution in [3.63, 3.8) is 0 Å². The van der Waals surface area contributed by atoms with E-state index in [9.17, 15) is 0 Å². The topological polar surface area (TPSA) is 0 Å². The molecule has 0 atom stereocenters. The molecule has 0 saturated carbocycles. The highest BCUT2D eigenvalue weighted by Crippen LogP contribution is 2.26. The fraction of sp³-hybridized carbons (Fsp3) is 0.165. The third-order valence-electron chi connectivity index (χ3n) is 14.2. The number of benzene rings is 11. The second-order valence-electron chi connectivity index (χ2n) is 19.9. The molecule has 79 heavy (non-hydrogen) atoms. The van der Waals surface area contributed by atoms with E-state index < -0.39 is 0 Å². The lowest BCUT2D eigenvalue weighted by Gasteiger charge is -2.06. The summed E-state index contributed by atoms with van der Waals surface area (Å²) in [6.45, 7) is 10.9. The van der Waals surface area contributed by atoms with Gasteiger partial charge in [0.05, 0.1) is 0 Å². The Kier molecular flexibility index (Phi) is 24.2. The maximum atomic E-state index is 2.26. The summed E-state index contributed by atoms with van der Waals surface area (Å²) in [5.74, 6) is 0. The van der Waals surface area contributed by atoms with Gasteiger partial charge in [0.1, 0.15) is 0 Å². The smallest absolute Gasteiger partial charge is 0.00258 e. The van der Waals surface area contributed by atoms with Crippen LogP contribution in [0.25, 0.3) is 33.4 Å². The molecule has 0 aliphatic heterocycles. The Balaban J connectivity index is 0.000000147. The lowest BCUT2D eigenvalue weighted by molar-refractivity contribution is 1.11. The standard InChI is InChI=1S/C22H22.C20H18.C15H16.C14H14.C8H10/c1-2-18-8-10-20(11-9-18)17-22-14-12-21(13-15-22)16-19-6-4-3-5-7-19;1-2-16-8-10-18(11-9-16)20-14-12-19(13-15-20)17-6-4-3-5-7-17;1-2-13-8-10-15(11-9-13)12-14-6-4-3-5-7-14;1-2-12-8-10-14(11-9-12)13-6-4-3-5-7-13;1-2-8-6-4-3-5-7-8/h3-15H,2,16-17H2,1H3;3-15H,2H2,1H3;3-11H,2,12H2,1H3;3-11H,2H2,1H3;3-7H,2H2,1H3. The summed E-state index contributed by atoms with van der Waals surface area (Å²) in [7, 11) is 0. The fourth-order valence-electron chi connectivity index (χ4n) is 9.16. The zero-order valence-corrected chi connectivity index (χ0v) is 47.4. The first-order valence-corrected chi connectivity index (χ1v) is 28.7. The van der Waals surface area contributed by atoms with Gasteiger partial charge in [0, 0.05) is 0 Å². The summed E-state index contributed by atoms with van der Waals surface area (Å²) in [4.78, 5) is 0. The summed E-state index contributed by atoms with van der Waals surface area (Å²) >= 11 is 0. The largest absolute Gasteiger partial charge is 0.0622 e. The summed E-state index contributed by atoms with van der Waals surface area (Å²) in [6, 6.07) is 106. The molecule has 0 N–H and O–H groups in total. The highest BCUT2D eigenvalue weighted by molar-refractivity contribution is 5.70. The second-order valence-corrected chi connectivity index (χ2v) is 19.9. The van der Waals surface area contributed by atoms with E-state index in [2.05, 4.69) is 314 Å². The first-order chi connectivity index (χ1) is 38.9. The quantitative estimate of drug-likeness (QED) is 0.102. The molecule has 0 saturated heterocycles. The number of hydrogen-bond acceptors (Lipinski definition) is 0. The van der Waals surface area contributed by atoms with Crippen LogP contribution in [0.5, 0.6) is 0 Å². The number of hydrogen-bond donors (Lipinski definition) is 0. The summed E-state index contributed by atoms with van der Waals surface area (Å²) < 4.78 is 0. The van der Waals surface area contributed by atoms with Crippen LogP contribution in [0.1, 0.15) is 95.8 Å². The van der Waals surface area contributed by atoms with Crippen LogP contribution >= 0.6 is 0 Å². The van der Waals surface area contributed by atoms with Gasteiger partial charge in [-0.05, 0) is 146 Å². The molecule has 0 heterocycles. The van der Waals surface area contributed by atoms with Crippen molar-refractivity contribution in [2.75, 3.05) is 0 Å². The zero-order chi connectivity index (χ0) is 55.1. The lowest BCUT2D eigenvalue weighted by Crippen LogP contribution is -1.91. The molecule has 0 bridgehead atoms. The molecule has 0 fully saturated rings. The first-order valence-electron chi connectivity index (χ1n) is 28.7. The molecule has 0 aliphatic carbocycles. The molecule has 0 nitrogen and oxygen atoms in total. The zero-order valence-electron chi connectivity index (χ0n) is 47.4. The van der Waals surface area contributed by atoms with Gasteiger partial charge in [0.15, 0.2) is 0 Å². The van der Waals surface area contributed by atoms with Gasteiger partial charge in [-0.1, -0.05) is 332 Å². The average Bonchev–Trinajstić information content (AvgIpc) is 3.54. The van der Waals surface area contributed by atoms with Crippen LogP contribution in [0.4, 0.5) is 0 Å². The monoisotopic (exact) mass is 1030 g/mol. The van der Waals surface area contributed by atoms with Crippen molar-refractivity contribution < 1.29 is 0 Å². The molecule has 0 aliphatic rings. The average molecular weight is 1030 g/mol.